The highest BCUT2D eigenvalue weighted by molar-refractivity contribution is 9.10. The van der Waals surface area contributed by atoms with E-state index in [9.17, 15) is 0 Å². The molecule has 0 bridgehead atoms. The topological polar surface area (TPSA) is 61.8 Å². The summed E-state index contributed by atoms with van der Waals surface area (Å²) in [5.41, 5.74) is 9.20. The van der Waals surface area contributed by atoms with E-state index in [2.05, 4.69) is 27.3 Å². The fourth-order valence-electron chi connectivity index (χ4n) is 1.64. The van der Waals surface area contributed by atoms with Gasteiger partial charge in [0.15, 0.2) is 0 Å². The smallest absolute Gasteiger partial charge is 0.0991 e. The van der Waals surface area contributed by atoms with E-state index >= 15 is 0 Å². The zero-order valence-corrected chi connectivity index (χ0v) is 11.2. The maximum atomic E-state index is 8.83. The summed E-state index contributed by atoms with van der Waals surface area (Å²) in [5, 5.41) is 12.1. The van der Waals surface area contributed by atoms with Crippen LogP contribution in [-0.4, -0.2) is 0 Å². The Labute approximate surface area is 114 Å². The summed E-state index contributed by atoms with van der Waals surface area (Å²) < 4.78 is 0.956. The molecule has 0 aromatic heterocycles. The first kappa shape index (κ1) is 12.5. The first-order valence-electron chi connectivity index (χ1n) is 5.47. The first-order chi connectivity index (χ1) is 8.69. The number of nitrogens with two attached hydrogens (primary N) is 1. The largest absolute Gasteiger partial charge is 0.397 e. The van der Waals surface area contributed by atoms with Gasteiger partial charge in [0.1, 0.15) is 0 Å². The predicted octanol–water partition coefficient (Wildman–Crippen LogP) is 3.52. The maximum Gasteiger partial charge on any atom is 0.0991 e. The minimum atomic E-state index is 0.640. The number of nitrogens with zero attached hydrogens (tertiary/aromatic N) is 1. The van der Waals surface area contributed by atoms with Crippen molar-refractivity contribution in [2.75, 3.05) is 11.1 Å². The monoisotopic (exact) mass is 301 g/mol. The summed E-state index contributed by atoms with van der Waals surface area (Å²) in [6, 6.07) is 15.3. The average Bonchev–Trinajstić information content (AvgIpc) is 2.38. The number of hydrogen-bond donors (Lipinski definition) is 2. The van der Waals surface area contributed by atoms with Crippen LogP contribution in [-0.2, 0) is 6.54 Å². The standard InChI is InChI=1S/C14H12BrN3/c15-12-4-5-14(13(17)7-12)18-9-11-3-1-2-10(6-11)8-16/h1-7,18H,9,17H2. The van der Waals surface area contributed by atoms with Gasteiger partial charge in [0.2, 0.25) is 0 Å². The Morgan fingerprint density at radius 2 is 2.06 bits per heavy atom. The highest BCUT2D eigenvalue weighted by Crippen LogP contribution is 2.23. The Morgan fingerprint density at radius 1 is 1.22 bits per heavy atom. The molecule has 2 rings (SSSR count). The molecular formula is C14H12BrN3. The van der Waals surface area contributed by atoms with Crippen molar-refractivity contribution in [3.8, 4) is 6.07 Å². The molecule has 0 amide bonds. The van der Waals surface area contributed by atoms with Crippen LogP contribution in [0.5, 0.6) is 0 Å². The number of anilines is 2. The Kier molecular flexibility index (Phi) is 3.85. The van der Waals surface area contributed by atoms with Gasteiger partial charge in [0, 0.05) is 11.0 Å². The molecule has 0 heterocycles. The van der Waals surface area contributed by atoms with Crippen LogP contribution in [0.1, 0.15) is 11.1 Å². The molecule has 0 atom stereocenters. The van der Waals surface area contributed by atoms with Crippen molar-refractivity contribution >= 4 is 27.3 Å². The van der Waals surface area contributed by atoms with Crippen molar-refractivity contribution in [3.63, 3.8) is 0 Å². The molecule has 0 unspecified atom stereocenters. The van der Waals surface area contributed by atoms with Crippen LogP contribution < -0.4 is 11.1 Å². The van der Waals surface area contributed by atoms with Crippen LogP contribution in [0.3, 0.4) is 0 Å². The number of nitriles is 1. The van der Waals surface area contributed by atoms with E-state index in [-0.39, 0.29) is 0 Å². The van der Waals surface area contributed by atoms with Crippen LogP contribution in [0.15, 0.2) is 46.9 Å². The third kappa shape index (κ3) is 3.02. The molecule has 0 saturated heterocycles. The highest BCUT2D eigenvalue weighted by Gasteiger charge is 2.00. The molecule has 4 heteroatoms. The Morgan fingerprint density at radius 3 is 2.78 bits per heavy atom. The molecule has 0 saturated carbocycles. The van der Waals surface area contributed by atoms with Gasteiger partial charge in [-0.3, -0.25) is 0 Å². The third-order valence-electron chi connectivity index (χ3n) is 2.55. The summed E-state index contributed by atoms with van der Waals surface area (Å²) in [4.78, 5) is 0. The lowest BCUT2D eigenvalue weighted by molar-refractivity contribution is 1.15. The number of hydrogen-bond acceptors (Lipinski definition) is 3. The van der Waals surface area contributed by atoms with Gasteiger partial charge in [-0.05, 0) is 35.9 Å². The van der Waals surface area contributed by atoms with Gasteiger partial charge in [-0.15, -0.1) is 0 Å². The number of benzene rings is 2. The predicted molar refractivity (Wildman–Crippen MR) is 77.0 cm³/mol. The summed E-state index contributed by atoms with van der Waals surface area (Å²) in [6.07, 6.45) is 0. The normalized spacial score (nSPS) is 9.78. The summed E-state index contributed by atoms with van der Waals surface area (Å²) in [5.74, 6) is 0. The average molecular weight is 302 g/mol. The van der Waals surface area contributed by atoms with Gasteiger partial charge < -0.3 is 11.1 Å². The summed E-state index contributed by atoms with van der Waals surface area (Å²) in [7, 11) is 0. The second-order valence-electron chi connectivity index (χ2n) is 3.90. The summed E-state index contributed by atoms with van der Waals surface area (Å²) >= 11 is 3.37. The molecule has 0 spiro atoms. The Balaban J connectivity index is 2.09. The molecule has 2 aromatic rings. The number of nitrogen functional groups attached to an aromatic ring is 1. The highest BCUT2D eigenvalue weighted by atomic mass is 79.9. The lowest BCUT2D eigenvalue weighted by Crippen LogP contribution is -2.02. The minimum absolute atomic E-state index is 0.640. The van der Waals surface area contributed by atoms with Crippen LogP contribution >= 0.6 is 15.9 Å². The van der Waals surface area contributed by atoms with Crippen LogP contribution in [0, 0.1) is 11.3 Å². The quantitative estimate of drug-likeness (QED) is 0.853. The zero-order chi connectivity index (χ0) is 13.0. The lowest BCUT2D eigenvalue weighted by atomic mass is 10.1. The molecule has 3 nitrogen and oxygen atoms in total. The molecular weight excluding hydrogens is 290 g/mol. The SMILES string of the molecule is N#Cc1cccc(CNc2ccc(Br)cc2N)c1. The van der Waals surface area contributed by atoms with E-state index in [1.54, 1.807) is 6.07 Å². The van der Waals surface area contributed by atoms with Crippen molar-refractivity contribution < 1.29 is 0 Å². The van der Waals surface area contributed by atoms with E-state index in [1.165, 1.54) is 0 Å². The molecule has 0 radical (unpaired) electrons. The van der Waals surface area contributed by atoms with E-state index in [1.807, 2.05) is 36.4 Å². The van der Waals surface area contributed by atoms with Crippen molar-refractivity contribution in [2.24, 2.45) is 0 Å². The molecule has 0 aliphatic heterocycles. The summed E-state index contributed by atoms with van der Waals surface area (Å²) in [6.45, 7) is 0.640. The molecule has 18 heavy (non-hydrogen) atoms. The molecule has 3 N–H and O–H groups in total. The Hall–Kier alpha value is -1.99. The zero-order valence-electron chi connectivity index (χ0n) is 9.65. The lowest BCUT2D eigenvalue weighted by Gasteiger charge is -2.09. The van der Waals surface area contributed by atoms with Gasteiger partial charge in [-0.1, -0.05) is 28.1 Å². The molecule has 2 aromatic carbocycles. The third-order valence-corrected chi connectivity index (χ3v) is 3.05. The minimum Gasteiger partial charge on any atom is -0.397 e. The van der Waals surface area contributed by atoms with Crippen molar-refractivity contribution in [1.82, 2.24) is 0 Å². The maximum absolute atomic E-state index is 8.83. The van der Waals surface area contributed by atoms with Crippen LogP contribution in [0.25, 0.3) is 0 Å². The van der Waals surface area contributed by atoms with Crippen molar-refractivity contribution in [2.45, 2.75) is 6.54 Å². The fraction of sp³-hybridized carbons (Fsp3) is 0.0714. The van der Waals surface area contributed by atoms with Crippen LogP contribution in [0.4, 0.5) is 11.4 Å². The van der Waals surface area contributed by atoms with E-state index in [4.69, 9.17) is 11.0 Å². The number of rotatable bonds is 3. The molecule has 0 aliphatic rings. The second-order valence-corrected chi connectivity index (χ2v) is 4.81. The number of nitrogens with one attached hydrogen (secondary N) is 1. The van der Waals surface area contributed by atoms with Gasteiger partial charge >= 0.3 is 0 Å². The van der Waals surface area contributed by atoms with E-state index in [0.29, 0.717) is 17.8 Å². The van der Waals surface area contributed by atoms with Gasteiger partial charge in [-0.25, -0.2) is 0 Å². The van der Waals surface area contributed by atoms with E-state index in [0.717, 1.165) is 15.7 Å². The Bertz CT molecular complexity index is 602. The van der Waals surface area contributed by atoms with Crippen molar-refractivity contribution in [3.05, 3.63) is 58.1 Å². The molecule has 0 aliphatic carbocycles. The first-order valence-corrected chi connectivity index (χ1v) is 6.26. The van der Waals surface area contributed by atoms with Gasteiger partial charge in [0.05, 0.1) is 23.0 Å². The van der Waals surface area contributed by atoms with Gasteiger partial charge in [0.25, 0.3) is 0 Å². The van der Waals surface area contributed by atoms with Crippen LogP contribution in [0.2, 0.25) is 0 Å². The molecule has 0 fully saturated rings. The fourth-order valence-corrected chi connectivity index (χ4v) is 2.02. The van der Waals surface area contributed by atoms with Crippen molar-refractivity contribution in [1.29, 1.82) is 5.26 Å². The van der Waals surface area contributed by atoms with Gasteiger partial charge in [-0.2, -0.15) is 5.26 Å². The molecule has 90 valence electrons. The number of halogens is 1. The van der Waals surface area contributed by atoms with E-state index < -0.39 is 0 Å². The second kappa shape index (κ2) is 5.56.